The highest BCUT2D eigenvalue weighted by Crippen LogP contribution is 2.15. The van der Waals surface area contributed by atoms with E-state index in [9.17, 15) is 9.18 Å². The number of carbonyl (C=O) groups excluding carboxylic acids is 1. The van der Waals surface area contributed by atoms with Crippen LogP contribution in [-0.4, -0.2) is 18.5 Å². The minimum absolute atomic E-state index is 0.0804. The van der Waals surface area contributed by atoms with Crippen molar-refractivity contribution in [3.8, 4) is 0 Å². The van der Waals surface area contributed by atoms with E-state index in [-0.39, 0.29) is 30.4 Å². The van der Waals surface area contributed by atoms with Gasteiger partial charge in [-0.3, -0.25) is 4.79 Å². The number of rotatable bonds is 5. The minimum Gasteiger partial charge on any atom is -0.353 e. The maximum absolute atomic E-state index is 13.4. The number of nitrogens with one attached hydrogen (secondary N) is 2. The van der Waals surface area contributed by atoms with Crippen LogP contribution in [0.15, 0.2) is 24.3 Å². The molecule has 4 heteroatoms. The lowest BCUT2D eigenvalue weighted by Gasteiger charge is -2.15. The Balaban J connectivity index is 2.48. The van der Waals surface area contributed by atoms with E-state index < -0.39 is 0 Å². The van der Waals surface area contributed by atoms with Crippen LogP contribution in [0.25, 0.3) is 0 Å². The Labute approximate surface area is 101 Å². The van der Waals surface area contributed by atoms with E-state index in [2.05, 4.69) is 10.6 Å². The minimum atomic E-state index is -0.253. The zero-order chi connectivity index (χ0) is 12.8. The molecule has 0 aliphatic carbocycles. The van der Waals surface area contributed by atoms with Crippen LogP contribution in [0, 0.1) is 5.82 Å². The smallest absolute Gasteiger partial charge is 0.234 e. The Morgan fingerprint density at radius 3 is 2.53 bits per heavy atom. The van der Waals surface area contributed by atoms with Gasteiger partial charge >= 0.3 is 0 Å². The Bertz CT molecular complexity index is 379. The highest BCUT2D eigenvalue weighted by atomic mass is 19.1. The van der Waals surface area contributed by atoms with Crippen LogP contribution in [0.3, 0.4) is 0 Å². The molecule has 0 unspecified atom stereocenters. The Hall–Kier alpha value is -1.42. The normalized spacial score (nSPS) is 12.5. The molecule has 0 saturated heterocycles. The van der Waals surface area contributed by atoms with Crippen LogP contribution in [-0.2, 0) is 4.79 Å². The van der Waals surface area contributed by atoms with Gasteiger partial charge < -0.3 is 10.6 Å². The van der Waals surface area contributed by atoms with Crippen molar-refractivity contribution in [3.63, 3.8) is 0 Å². The summed E-state index contributed by atoms with van der Waals surface area (Å²) in [6.45, 7) is 5.82. The van der Waals surface area contributed by atoms with Crippen molar-refractivity contribution in [2.24, 2.45) is 0 Å². The van der Waals surface area contributed by atoms with E-state index in [1.807, 2.05) is 20.8 Å². The molecule has 0 aliphatic heterocycles. The first kappa shape index (κ1) is 13.6. The molecule has 1 amide bonds. The number of amides is 1. The number of hydrogen-bond donors (Lipinski definition) is 2. The quantitative estimate of drug-likeness (QED) is 0.823. The largest absolute Gasteiger partial charge is 0.353 e. The second kappa shape index (κ2) is 6.35. The van der Waals surface area contributed by atoms with Gasteiger partial charge in [0.05, 0.1) is 6.54 Å². The molecule has 0 heterocycles. The van der Waals surface area contributed by atoms with Gasteiger partial charge in [0.2, 0.25) is 5.91 Å². The van der Waals surface area contributed by atoms with Gasteiger partial charge in [-0.25, -0.2) is 4.39 Å². The molecule has 0 aliphatic rings. The van der Waals surface area contributed by atoms with Gasteiger partial charge in [-0.15, -0.1) is 0 Å². The van der Waals surface area contributed by atoms with Crippen molar-refractivity contribution in [1.29, 1.82) is 0 Å². The lowest BCUT2D eigenvalue weighted by atomic mass is 10.1. The van der Waals surface area contributed by atoms with Gasteiger partial charge in [0.15, 0.2) is 0 Å². The molecule has 3 nitrogen and oxygen atoms in total. The summed E-state index contributed by atoms with van der Waals surface area (Å²) in [5.41, 5.74) is 0.574. The summed E-state index contributed by atoms with van der Waals surface area (Å²) in [5, 5.41) is 5.76. The summed E-state index contributed by atoms with van der Waals surface area (Å²) in [6.07, 6.45) is 0. The summed E-state index contributed by atoms with van der Waals surface area (Å²) in [4.78, 5) is 11.4. The number of carbonyl (C=O) groups is 1. The van der Waals surface area contributed by atoms with Crippen molar-refractivity contribution in [2.75, 3.05) is 6.54 Å². The van der Waals surface area contributed by atoms with Gasteiger partial charge in [0, 0.05) is 17.6 Å². The van der Waals surface area contributed by atoms with Crippen LogP contribution in [0.2, 0.25) is 0 Å². The first-order valence-corrected chi connectivity index (χ1v) is 5.78. The van der Waals surface area contributed by atoms with Crippen LogP contribution in [0.1, 0.15) is 32.4 Å². The Morgan fingerprint density at radius 1 is 1.29 bits per heavy atom. The maximum atomic E-state index is 13.4. The van der Waals surface area contributed by atoms with Gasteiger partial charge in [-0.2, -0.15) is 0 Å². The highest BCUT2D eigenvalue weighted by molar-refractivity contribution is 5.78. The molecule has 2 N–H and O–H groups in total. The van der Waals surface area contributed by atoms with E-state index in [4.69, 9.17) is 0 Å². The van der Waals surface area contributed by atoms with Crippen molar-refractivity contribution in [1.82, 2.24) is 10.6 Å². The predicted octanol–water partition coefficient (Wildman–Crippen LogP) is 2.00. The van der Waals surface area contributed by atoms with Gasteiger partial charge in [0.25, 0.3) is 0 Å². The fraction of sp³-hybridized carbons (Fsp3) is 0.462. The molecule has 1 atom stereocenters. The third-order valence-electron chi connectivity index (χ3n) is 2.39. The molecule has 17 heavy (non-hydrogen) atoms. The topological polar surface area (TPSA) is 41.1 Å². The van der Waals surface area contributed by atoms with E-state index in [1.165, 1.54) is 6.07 Å². The second-order valence-corrected chi connectivity index (χ2v) is 4.35. The number of halogens is 1. The van der Waals surface area contributed by atoms with Crippen molar-refractivity contribution in [3.05, 3.63) is 35.6 Å². The molecule has 0 radical (unpaired) electrons. The zero-order valence-corrected chi connectivity index (χ0v) is 10.5. The van der Waals surface area contributed by atoms with Crippen molar-refractivity contribution < 1.29 is 9.18 Å². The van der Waals surface area contributed by atoms with Crippen LogP contribution in [0.5, 0.6) is 0 Å². The highest BCUT2D eigenvalue weighted by Gasteiger charge is 2.11. The molecule has 1 aromatic carbocycles. The fourth-order valence-corrected chi connectivity index (χ4v) is 1.56. The first-order chi connectivity index (χ1) is 8.00. The average Bonchev–Trinajstić information content (AvgIpc) is 2.25. The Morgan fingerprint density at radius 2 is 1.94 bits per heavy atom. The summed E-state index contributed by atoms with van der Waals surface area (Å²) in [7, 11) is 0. The summed E-state index contributed by atoms with van der Waals surface area (Å²) in [5.74, 6) is -0.333. The summed E-state index contributed by atoms with van der Waals surface area (Å²) >= 11 is 0. The van der Waals surface area contributed by atoms with Crippen LogP contribution >= 0.6 is 0 Å². The molecular formula is C13H19FN2O. The lowest BCUT2D eigenvalue weighted by molar-refractivity contribution is -0.120. The maximum Gasteiger partial charge on any atom is 0.234 e. The fourth-order valence-electron chi connectivity index (χ4n) is 1.56. The predicted molar refractivity (Wildman–Crippen MR) is 66.1 cm³/mol. The molecule has 0 bridgehead atoms. The SMILES string of the molecule is CC(C)NC(=O)CN[C@H](C)c1ccccc1F. The molecule has 0 saturated carbocycles. The van der Waals surface area contributed by atoms with E-state index >= 15 is 0 Å². The van der Waals surface area contributed by atoms with Gasteiger partial charge in [0.1, 0.15) is 5.82 Å². The molecule has 94 valence electrons. The molecule has 0 spiro atoms. The summed E-state index contributed by atoms with van der Waals surface area (Å²) in [6, 6.07) is 6.50. The average molecular weight is 238 g/mol. The Kier molecular flexibility index (Phi) is 5.10. The summed E-state index contributed by atoms with van der Waals surface area (Å²) < 4.78 is 13.4. The van der Waals surface area contributed by atoms with Gasteiger partial charge in [-0.05, 0) is 26.8 Å². The van der Waals surface area contributed by atoms with Crippen molar-refractivity contribution >= 4 is 5.91 Å². The van der Waals surface area contributed by atoms with Crippen LogP contribution in [0.4, 0.5) is 4.39 Å². The van der Waals surface area contributed by atoms with E-state index in [0.717, 1.165) is 0 Å². The van der Waals surface area contributed by atoms with Crippen molar-refractivity contribution in [2.45, 2.75) is 32.9 Å². The third-order valence-corrected chi connectivity index (χ3v) is 2.39. The second-order valence-electron chi connectivity index (χ2n) is 4.35. The first-order valence-electron chi connectivity index (χ1n) is 5.78. The molecule has 0 aromatic heterocycles. The molecule has 1 rings (SSSR count). The molecule has 1 aromatic rings. The number of benzene rings is 1. The van der Waals surface area contributed by atoms with E-state index in [1.54, 1.807) is 18.2 Å². The van der Waals surface area contributed by atoms with Gasteiger partial charge in [-0.1, -0.05) is 18.2 Å². The number of hydrogen-bond acceptors (Lipinski definition) is 2. The van der Waals surface area contributed by atoms with Crippen LogP contribution < -0.4 is 10.6 Å². The monoisotopic (exact) mass is 238 g/mol. The molecular weight excluding hydrogens is 219 g/mol. The third kappa shape index (κ3) is 4.53. The lowest BCUT2D eigenvalue weighted by Crippen LogP contribution is -2.38. The van der Waals surface area contributed by atoms with E-state index in [0.29, 0.717) is 5.56 Å². The molecule has 0 fully saturated rings. The standard InChI is InChI=1S/C13H19FN2O/c1-9(2)16-13(17)8-15-10(3)11-6-4-5-7-12(11)14/h4-7,9-10,15H,8H2,1-3H3,(H,16,17)/t10-/m1/s1. The zero-order valence-electron chi connectivity index (χ0n) is 10.5.